The lowest BCUT2D eigenvalue weighted by molar-refractivity contribution is 0.321. The summed E-state index contributed by atoms with van der Waals surface area (Å²) < 4.78 is 33.1. The molecule has 1 aromatic rings. The van der Waals surface area contributed by atoms with Gasteiger partial charge in [0.15, 0.2) is 5.96 Å². The predicted octanol–water partition coefficient (Wildman–Crippen LogP) is 0.488. The van der Waals surface area contributed by atoms with Crippen LogP contribution in [0.4, 0.5) is 0 Å². The zero-order chi connectivity index (χ0) is 19.9. The minimum Gasteiger partial charge on any atom is -0.497 e. The highest BCUT2D eigenvalue weighted by Gasteiger charge is 2.23. The van der Waals surface area contributed by atoms with Crippen LogP contribution in [0.3, 0.4) is 0 Å². The number of hydrogen-bond donors (Lipinski definition) is 2. The minimum absolute atomic E-state index is 0.0855. The summed E-state index contributed by atoms with van der Waals surface area (Å²) in [5.41, 5.74) is 1.14. The minimum atomic E-state index is -2.98. The Hall–Kier alpha value is -2.00. The average molecular weight is 399 g/mol. The quantitative estimate of drug-likeness (QED) is 0.486. The lowest BCUT2D eigenvalue weighted by Crippen LogP contribution is -2.45. The molecule has 1 aromatic carbocycles. The topological polar surface area (TPSA) is 92.3 Å². The van der Waals surface area contributed by atoms with Gasteiger partial charge in [0.1, 0.15) is 21.3 Å². The molecule has 152 valence electrons. The number of rotatable bonds is 8. The van der Waals surface area contributed by atoms with Gasteiger partial charge in [-0.05, 0) is 24.1 Å². The average Bonchev–Trinajstić information content (AvgIpc) is 3.06. The van der Waals surface area contributed by atoms with Gasteiger partial charge in [-0.2, -0.15) is 0 Å². The Kier molecular flexibility index (Phi) is 7.73. The van der Waals surface area contributed by atoms with E-state index in [0.717, 1.165) is 43.1 Å². The first-order chi connectivity index (χ1) is 12.8. The van der Waals surface area contributed by atoms with E-state index in [1.165, 1.54) is 6.26 Å². The summed E-state index contributed by atoms with van der Waals surface area (Å²) in [6.07, 6.45) is 2.22. The van der Waals surface area contributed by atoms with E-state index in [1.54, 1.807) is 21.3 Å². The molecule has 0 saturated carbocycles. The second-order valence-electron chi connectivity index (χ2n) is 6.71. The number of likely N-dealkylation sites (tertiary alicyclic amines) is 1. The van der Waals surface area contributed by atoms with Crippen molar-refractivity contribution >= 4 is 15.8 Å². The molecule has 0 aliphatic carbocycles. The molecule has 2 N–H and O–H groups in total. The number of ether oxygens (including phenoxy) is 2. The van der Waals surface area contributed by atoms with Crippen molar-refractivity contribution in [1.29, 1.82) is 0 Å². The van der Waals surface area contributed by atoms with Crippen LogP contribution in [-0.4, -0.2) is 78.2 Å². The van der Waals surface area contributed by atoms with Gasteiger partial charge in [-0.25, -0.2) is 8.42 Å². The summed E-state index contributed by atoms with van der Waals surface area (Å²) in [5.74, 6) is 2.29. The third-order valence-electron chi connectivity index (χ3n) is 4.42. The van der Waals surface area contributed by atoms with Crippen LogP contribution >= 0.6 is 0 Å². The number of benzene rings is 1. The zero-order valence-corrected chi connectivity index (χ0v) is 17.3. The molecule has 27 heavy (non-hydrogen) atoms. The van der Waals surface area contributed by atoms with Gasteiger partial charge < -0.3 is 20.1 Å². The van der Waals surface area contributed by atoms with Crippen molar-refractivity contribution in [3.8, 4) is 11.5 Å². The number of aliphatic imine (C=N–C) groups is 1. The highest BCUT2D eigenvalue weighted by atomic mass is 32.2. The van der Waals surface area contributed by atoms with Gasteiger partial charge in [-0.1, -0.05) is 0 Å². The fourth-order valence-corrected chi connectivity index (χ4v) is 3.53. The van der Waals surface area contributed by atoms with E-state index in [9.17, 15) is 8.42 Å². The van der Waals surface area contributed by atoms with Gasteiger partial charge in [0, 0.05) is 51.6 Å². The summed E-state index contributed by atoms with van der Waals surface area (Å²) in [6.45, 7) is 3.01. The van der Waals surface area contributed by atoms with E-state index in [0.29, 0.717) is 12.5 Å². The van der Waals surface area contributed by atoms with Gasteiger partial charge in [0.2, 0.25) is 0 Å². The first-order valence-electron chi connectivity index (χ1n) is 8.92. The monoisotopic (exact) mass is 398 g/mol. The molecule has 8 nitrogen and oxygen atoms in total. The van der Waals surface area contributed by atoms with E-state index in [2.05, 4.69) is 20.5 Å². The van der Waals surface area contributed by atoms with Crippen molar-refractivity contribution in [3.05, 3.63) is 23.8 Å². The van der Waals surface area contributed by atoms with E-state index < -0.39 is 9.84 Å². The van der Waals surface area contributed by atoms with Crippen molar-refractivity contribution in [1.82, 2.24) is 15.5 Å². The molecular weight excluding hydrogens is 368 g/mol. The Bertz CT molecular complexity index is 729. The summed E-state index contributed by atoms with van der Waals surface area (Å²) in [7, 11) is 2.00. The summed E-state index contributed by atoms with van der Waals surface area (Å²) in [6, 6.07) is 6.18. The first kappa shape index (κ1) is 21.3. The molecule has 0 radical (unpaired) electrons. The fraction of sp³-hybridized carbons (Fsp3) is 0.611. The highest BCUT2D eigenvalue weighted by Crippen LogP contribution is 2.24. The van der Waals surface area contributed by atoms with E-state index in [4.69, 9.17) is 9.47 Å². The van der Waals surface area contributed by atoms with Crippen LogP contribution in [0, 0.1) is 0 Å². The number of nitrogens with zero attached hydrogens (tertiary/aromatic N) is 2. The Morgan fingerprint density at radius 1 is 1.26 bits per heavy atom. The number of hydrogen-bond acceptors (Lipinski definition) is 6. The summed E-state index contributed by atoms with van der Waals surface area (Å²) in [4.78, 5) is 6.53. The third kappa shape index (κ3) is 7.26. The summed E-state index contributed by atoms with van der Waals surface area (Å²) >= 11 is 0. The standard InChI is InChI=1S/C18H30N4O4S/c1-19-18(20-6-8-27(4,23)24)21-15-5-7-22(13-15)12-14-9-16(25-2)11-17(10-14)26-3/h9-11,15H,5-8,12-13H2,1-4H3,(H2,19,20,21). The largest absolute Gasteiger partial charge is 0.497 e. The van der Waals surface area contributed by atoms with Crippen LogP contribution in [0.25, 0.3) is 0 Å². The smallest absolute Gasteiger partial charge is 0.191 e. The zero-order valence-electron chi connectivity index (χ0n) is 16.5. The van der Waals surface area contributed by atoms with Crippen LogP contribution in [0.15, 0.2) is 23.2 Å². The van der Waals surface area contributed by atoms with Crippen molar-refractivity contribution in [2.75, 3.05) is 52.9 Å². The molecule has 1 unspecified atom stereocenters. The van der Waals surface area contributed by atoms with Crippen molar-refractivity contribution in [2.45, 2.75) is 19.0 Å². The Morgan fingerprint density at radius 2 is 1.93 bits per heavy atom. The Labute approximate surface area is 161 Å². The van der Waals surface area contributed by atoms with E-state index in [-0.39, 0.29) is 11.8 Å². The number of guanidine groups is 1. The Balaban J connectivity index is 1.85. The van der Waals surface area contributed by atoms with Crippen LogP contribution in [0.2, 0.25) is 0 Å². The molecule has 1 fully saturated rings. The molecule has 0 aromatic heterocycles. The third-order valence-corrected chi connectivity index (χ3v) is 5.37. The molecular formula is C18H30N4O4S. The molecule has 2 rings (SSSR count). The summed E-state index contributed by atoms with van der Waals surface area (Å²) in [5, 5.41) is 6.42. The molecule has 0 amide bonds. The molecule has 1 aliphatic rings. The van der Waals surface area contributed by atoms with Crippen LogP contribution in [0.5, 0.6) is 11.5 Å². The highest BCUT2D eigenvalue weighted by molar-refractivity contribution is 7.90. The molecule has 1 aliphatic heterocycles. The Morgan fingerprint density at radius 3 is 2.48 bits per heavy atom. The maximum absolute atomic E-state index is 11.2. The van der Waals surface area contributed by atoms with Gasteiger partial charge in [0.25, 0.3) is 0 Å². The van der Waals surface area contributed by atoms with Crippen molar-refractivity contribution < 1.29 is 17.9 Å². The van der Waals surface area contributed by atoms with Crippen LogP contribution in [-0.2, 0) is 16.4 Å². The van der Waals surface area contributed by atoms with Crippen molar-refractivity contribution in [3.63, 3.8) is 0 Å². The maximum Gasteiger partial charge on any atom is 0.191 e. The lowest BCUT2D eigenvalue weighted by atomic mass is 10.2. The van der Waals surface area contributed by atoms with E-state index >= 15 is 0 Å². The second kappa shape index (κ2) is 9.80. The number of methoxy groups -OCH3 is 2. The molecule has 1 heterocycles. The van der Waals surface area contributed by atoms with Gasteiger partial charge in [-0.3, -0.25) is 9.89 Å². The molecule has 1 saturated heterocycles. The van der Waals surface area contributed by atoms with Gasteiger partial charge >= 0.3 is 0 Å². The normalized spacial score (nSPS) is 18.4. The van der Waals surface area contributed by atoms with Crippen molar-refractivity contribution in [2.24, 2.45) is 4.99 Å². The van der Waals surface area contributed by atoms with Gasteiger partial charge in [0.05, 0.1) is 20.0 Å². The second-order valence-corrected chi connectivity index (χ2v) is 8.97. The first-order valence-corrected chi connectivity index (χ1v) is 11.0. The fourth-order valence-electron chi connectivity index (χ4n) is 3.05. The SMILES string of the molecule is CN=C(NCCS(C)(=O)=O)NC1CCN(Cc2cc(OC)cc(OC)c2)C1. The molecule has 0 spiro atoms. The molecule has 0 bridgehead atoms. The maximum atomic E-state index is 11.2. The van der Waals surface area contributed by atoms with E-state index in [1.807, 2.05) is 18.2 Å². The van der Waals surface area contributed by atoms with Crippen LogP contribution < -0.4 is 20.1 Å². The molecule has 9 heteroatoms. The van der Waals surface area contributed by atoms with Gasteiger partial charge in [-0.15, -0.1) is 0 Å². The lowest BCUT2D eigenvalue weighted by Gasteiger charge is -2.19. The number of nitrogens with one attached hydrogen (secondary N) is 2. The number of sulfone groups is 1. The molecule has 1 atom stereocenters. The van der Waals surface area contributed by atoms with Crippen LogP contribution in [0.1, 0.15) is 12.0 Å². The predicted molar refractivity (Wildman–Crippen MR) is 107 cm³/mol.